The van der Waals surface area contributed by atoms with Crippen molar-refractivity contribution in [1.29, 1.82) is 0 Å². The van der Waals surface area contributed by atoms with Crippen LogP contribution in [0.2, 0.25) is 0 Å². The highest BCUT2D eigenvalue weighted by Crippen LogP contribution is 2.19. The molecular weight excluding hydrogens is 320 g/mol. The molecule has 2 aliphatic rings. The van der Waals surface area contributed by atoms with Crippen LogP contribution in [-0.2, 0) is 9.47 Å². The van der Waals surface area contributed by atoms with Crippen LogP contribution in [-0.4, -0.2) is 114 Å². The van der Waals surface area contributed by atoms with Crippen LogP contribution in [0.1, 0.15) is 6.92 Å². The molecule has 10 atom stereocenters. The summed E-state index contributed by atoms with van der Waals surface area (Å²) in [7, 11) is 0. The van der Waals surface area contributed by atoms with E-state index < -0.39 is 68.0 Å². The zero-order valence-electron chi connectivity index (χ0n) is 12.3. The minimum Gasteiger partial charge on any atom is -0.394 e. The molecule has 0 saturated carbocycles. The molecule has 11 heteroatoms. The molecule has 2 heterocycles. The van der Waals surface area contributed by atoms with Gasteiger partial charge in [0.2, 0.25) is 0 Å². The van der Waals surface area contributed by atoms with E-state index in [1.807, 2.05) is 0 Å². The molecule has 2 fully saturated rings. The number of hydrogen-bond acceptors (Lipinski definition) is 11. The van der Waals surface area contributed by atoms with Crippen LogP contribution >= 0.6 is 0 Å². The third-order valence-electron chi connectivity index (χ3n) is 3.69. The van der Waals surface area contributed by atoms with E-state index in [1.165, 1.54) is 6.92 Å². The molecule has 0 aromatic heterocycles. The molecule has 0 radical (unpaired) electrons. The van der Waals surface area contributed by atoms with E-state index in [2.05, 4.69) is 9.47 Å². The molecule has 2 aliphatic heterocycles. The highest BCUT2D eigenvalue weighted by molar-refractivity contribution is 4.88. The average Bonchev–Trinajstić information content (AvgIpc) is 2.53. The zero-order valence-corrected chi connectivity index (χ0v) is 12.3. The van der Waals surface area contributed by atoms with Gasteiger partial charge < -0.3 is 55.4 Å². The monoisotopic (exact) mass is 344 g/mol. The first-order valence-electron chi connectivity index (χ1n) is 6.98. The van der Waals surface area contributed by atoms with Crippen molar-refractivity contribution in [1.82, 2.24) is 0 Å². The first-order chi connectivity index (χ1) is 10.6. The van der Waals surface area contributed by atoms with E-state index in [0.29, 0.717) is 0 Å². The van der Waals surface area contributed by atoms with E-state index in [-0.39, 0.29) is 0 Å². The molecule has 0 bridgehead atoms. The Kier molecular flexibility index (Phi) is 7.70. The predicted octanol–water partition coefficient (Wildman–Crippen LogP) is -5.42. The molecular formula is C12H24O11. The summed E-state index contributed by atoms with van der Waals surface area (Å²) in [6.45, 7) is 0.977. The second kappa shape index (κ2) is 8.60. The number of ether oxygens (including phenoxy) is 2. The quantitative estimate of drug-likeness (QED) is 0.220. The Morgan fingerprint density at radius 2 is 1.04 bits per heavy atom. The van der Waals surface area contributed by atoms with Crippen molar-refractivity contribution in [3.63, 3.8) is 0 Å². The maximum atomic E-state index is 9.12. The smallest absolute Gasteiger partial charge is 0.184 e. The lowest BCUT2D eigenvalue weighted by Crippen LogP contribution is -2.58. The Balaban J connectivity index is 0.000000231. The number of aliphatic hydroxyl groups excluding tert-OH is 9. The van der Waals surface area contributed by atoms with Gasteiger partial charge in [-0.15, -0.1) is 0 Å². The van der Waals surface area contributed by atoms with Gasteiger partial charge in [0.15, 0.2) is 12.6 Å². The Morgan fingerprint density at radius 1 is 0.609 bits per heavy atom. The van der Waals surface area contributed by atoms with Crippen molar-refractivity contribution in [2.45, 2.75) is 68.3 Å². The Hall–Kier alpha value is -0.440. The normalized spacial score (nSPS) is 50.9. The summed E-state index contributed by atoms with van der Waals surface area (Å²) < 4.78 is 9.25. The SMILES string of the molecule is C[C@@H]1OC(O)[C@H](O)[C@H](O)[C@H]1O.OC[C@H]1O[C@H](O)[C@H](O)[C@@H](O)[C@H]1O. The van der Waals surface area contributed by atoms with Crippen LogP contribution < -0.4 is 0 Å². The molecule has 0 amide bonds. The van der Waals surface area contributed by atoms with Gasteiger partial charge in [0.1, 0.15) is 42.7 Å². The average molecular weight is 344 g/mol. The van der Waals surface area contributed by atoms with E-state index >= 15 is 0 Å². The van der Waals surface area contributed by atoms with Gasteiger partial charge in [-0.25, -0.2) is 0 Å². The second-order valence-electron chi connectivity index (χ2n) is 5.42. The van der Waals surface area contributed by atoms with Crippen molar-refractivity contribution in [2.75, 3.05) is 6.61 Å². The maximum Gasteiger partial charge on any atom is 0.184 e. The number of hydrogen-bond donors (Lipinski definition) is 9. The summed E-state index contributed by atoms with van der Waals surface area (Å²) in [5.74, 6) is 0. The van der Waals surface area contributed by atoms with Crippen LogP contribution in [0.5, 0.6) is 0 Å². The van der Waals surface area contributed by atoms with Gasteiger partial charge in [-0.3, -0.25) is 0 Å². The molecule has 0 aliphatic carbocycles. The van der Waals surface area contributed by atoms with Crippen LogP contribution in [0.15, 0.2) is 0 Å². The van der Waals surface area contributed by atoms with Crippen LogP contribution in [0.3, 0.4) is 0 Å². The minimum absolute atomic E-state index is 0.526. The van der Waals surface area contributed by atoms with E-state index in [9.17, 15) is 0 Å². The Labute approximate surface area is 131 Å². The standard InChI is InChI=1S/C6H12O6.C6H12O5/c7-1-2-3(8)4(9)5(10)6(11)12-2;1-2-3(7)4(8)5(9)6(10)11-2/h2-11H,1H2;2-10H,1H3/t2-,3+,4+,5-,6+;2-,3-,4+,5+,6?/m10/s1. The number of rotatable bonds is 1. The number of aliphatic hydroxyl groups is 9. The molecule has 23 heavy (non-hydrogen) atoms. The van der Waals surface area contributed by atoms with E-state index in [4.69, 9.17) is 46.0 Å². The van der Waals surface area contributed by atoms with Gasteiger partial charge in [-0.2, -0.15) is 0 Å². The lowest BCUT2D eigenvalue weighted by molar-refractivity contribution is -0.286. The van der Waals surface area contributed by atoms with Crippen molar-refractivity contribution in [3.8, 4) is 0 Å². The topological polar surface area (TPSA) is 201 Å². The molecule has 9 N–H and O–H groups in total. The van der Waals surface area contributed by atoms with Gasteiger partial charge in [-0.05, 0) is 6.92 Å². The summed E-state index contributed by atoms with van der Waals surface area (Å²) >= 11 is 0. The minimum atomic E-state index is -1.57. The first-order valence-corrected chi connectivity index (χ1v) is 6.98. The molecule has 2 rings (SSSR count). The lowest BCUT2D eigenvalue weighted by atomic mass is 10.00. The molecule has 2 saturated heterocycles. The van der Waals surface area contributed by atoms with Crippen molar-refractivity contribution in [2.24, 2.45) is 0 Å². The highest BCUT2D eigenvalue weighted by atomic mass is 16.6. The van der Waals surface area contributed by atoms with Crippen molar-refractivity contribution < 1.29 is 55.4 Å². The summed E-state index contributed by atoms with van der Waals surface area (Å²) in [6.07, 6.45) is -13.0. The Bertz CT molecular complexity index is 337. The molecule has 0 spiro atoms. The summed E-state index contributed by atoms with van der Waals surface area (Å²) in [5, 5.41) is 80.6. The molecule has 0 aromatic carbocycles. The fourth-order valence-corrected chi connectivity index (χ4v) is 2.11. The summed E-state index contributed by atoms with van der Waals surface area (Å²) in [6, 6.07) is 0. The summed E-state index contributed by atoms with van der Waals surface area (Å²) in [4.78, 5) is 0. The third kappa shape index (κ3) is 4.78. The summed E-state index contributed by atoms with van der Waals surface area (Å²) in [5.41, 5.74) is 0. The third-order valence-corrected chi connectivity index (χ3v) is 3.69. The first kappa shape index (κ1) is 20.6. The van der Waals surface area contributed by atoms with Crippen LogP contribution in [0.4, 0.5) is 0 Å². The van der Waals surface area contributed by atoms with Crippen molar-refractivity contribution in [3.05, 3.63) is 0 Å². The Morgan fingerprint density at radius 3 is 1.52 bits per heavy atom. The van der Waals surface area contributed by atoms with Crippen LogP contribution in [0.25, 0.3) is 0 Å². The van der Waals surface area contributed by atoms with Gasteiger partial charge in [0, 0.05) is 0 Å². The van der Waals surface area contributed by atoms with Gasteiger partial charge in [-0.1, -0.05) is 0 Å². The van der Waals surface area contributed by atoms with Gasteiger partial charge in [0.05, 0.1) is 12.7 Å². The molecule has 1 unspecified atom stereocenters. The fourth-order valence-electron chi connectivity index (χ4n) is 2.11. The van der Waals surface area contributed by atoms with Crippen LogP contribution in [0, 0.1) is 0 Å². The van der Waals surface area contributed by atoms with E-state index in [0.717, 1.165) is 0 Å². The highest BCUT2D eigenvalue weighted by Gasteiger charge is 2.42. The molecule has 11 nitrogen and oxygen atoms in total. The second-order valence-corrected chi connectivity index (χ2v) is 5.42. The largest absolute Gasteiger partial charge is 0.394 e. The van der Waals surface area contributed by atoms with Gasteiger partial charge in [0.25, 0.3) is 0 Å². The van der Waals surface area contributed by atoms with Gasteiger partial charge >= 0.3 is 0 Å². The molecule has 138 valence electrons. The molecule has 0 aromatic rings. The van der Waals surface area contributed by atoms with Crippen molar-refractivity contribution >= 4 is 0 Å². The predicted molar refractivity (Wildman–Crippen MR) is 70.6 cm³/mol. The zero-order chi connectivity index (χ0) is 17.9. The van der Waals surface area contributed by atoms with E-state index in [1.54, 1.807) is 0 Å². The fraction of sp³-hybridized carbons (Fsp3) is 1.00. The maximum absolute atomic E-state index is 9.12. The lowest BCUT2D eigenvalue weighted by Gasteiger charge is -2.37.